The molecule has 0 bridgehead atoms. The van der Waals surface area contributed by atoms with Gasteiger partial charge in [0.25, 0.3) is 0 Å². The van der Waals surface area contributed by atoms with Crippen LogP contribution in [0.3, 0.4) is 0 Å². The summed E-state index contributed by atoms with van der Waals surface area (Å²) in [4.78, 5) is 24.8. The highest BCUT2D eigenvalue weighted by molar-refractivity contribution is 5.84. The first-order chi connectivity index (χ1) is 9.11. The highest BCUT2D eigenvalue weighted by atomic mass is 16.5. The molecule has 2 rings (SSSR count). The van der Waals surface area contributed by atoms with Crippen LogP contribution < -0.4 is 5.32 Å². The van der Waals surface area contributed by atoms with Crippen molar-refractivity contribution in [2.45, 2.75) is 38.3 Å². The average molecular weight is 270 g/mol. The number of rotatable bonds is 5. The predicted octanol–water partition coefficient (Wildman–Crippen LogP) is 0.0766. The van der Waals surface area contributed by atoms with Gasteiger partial charge in [-0.05, 0) is 25.7 Å². The van der Waals surface area contributed by atoms with Crippen molar-refractivity contribution in [1.29, 1.82) is 0 Å². The zero-order chi connectivity index (χ0) is 13.8. The lowest BCUT2D eigenvalue weighted by Gasteiger charge is -2.38. The zero-order valence-electron chi connectivity index (χ0n) is 11.3. The molecule has 2 N–H and O–H groups in total. The Bertz CT molecular complexity index is 342. The number of amides is 1. The van der Waals surface area contributed by atoms with E-state index in [0.29, 0.717) is 44.7 Å². The van der Waals surface area contributed by atoms with Gasteiger partial charge < -0.3 is 20.1 Å². The van der Waals surface area contributed by atoms with Crippen LogP contribution in [-0.2, 0) is 14.3 Å². The molecule has 0 aromatic rings. The SMILES string of the molecule is CCOC1CC(CC(=O)N2CCNCC2C(=O)O)C1. The zero-order valence-corrected chi connectivity index (χ0v) is 11.3. The van der Waals surface area contributed by atoms with E-state index in [9.17, 15) is 9.59 Å². The third-order valence-corrected chi connectivity index (χ3v) is 3.91. The minimum atomic E-state index is -0.929. The molecule has 1 saturated heterocycles. The van der Waals surface area contributed by atoms with Gasteiger partial charge in [-0.3, -0.25) is 4.79 Å². The molecule has 1 aliphatic heterocycles. The van der Waals surface area contributed by atoms with E-state index in [1.54, 1.807) is 0 Å². The number of carbonyl (C=O) groups is 2. The third-order valence-electron chi connectivity index (χ3n) is 3.91. The molecule has 1 unspecified atom stereocenters. The van der Waals surface area contributed by atoms with E-state index in [4.69, 9.17) is 9.84 Å². The monoisotopic (exact) mass is 270 g/mol. The smallest absolute Gasteiger partial charge is 0.327 e. The maximum Gasteiger partial charge on any atom is 0.327 e. The van der Waals surface area contributed by atoms with Crippen LogP contribution in [0.2, 0.25) is 0 Å². The van der Waals surface area contributed by atoms with Gasteiger partial charge in [-0.2, -0.15) is 0 Å². The fourth-order valence-electron chi connectivity index (χ4n) is 2.80. The van der Waals surface area contributed by atoms with Crippen LogP contribution in [0.4, 0.5) is 0 Å². The van der Waals surface area contributed by atoms with Gasteiger partial charge in [-0.25, -0.2) is 4.79 Å². The van der Waals surface area contributed by atoms with Gasteiger partial charge in [-0.15, -0.1) is 0 Å². The molecule has 19 heavy (non-hydrogen) atoms. The molecule has 0 aromatic carbocycles. The molecule has 0 spiro atoms. The fraction of sp³-hybridized carbons (Fsp3) is 0.846. The van der Waals surface area contributed by atoms with Gasteiger partial charge in [0.1, 0.15) is 6.04 Å². The van der Waals surface area contributed by atoms with Gasteiger partial charge in [0.15, 0.2) is 0 Å². The minimum Gasteiger partial charge on any atom is -0.480 e. The number of hydrogen-bond acceptors (Lipinski definition) is 4. The maximum absolute atomic E-state index is 12.2. The molecule has 6 heteroatoms. The molecule has 2 aliphatic rings. The van der Waals surface area contributed by atoms with Crippen molar-refractivity contribution in [3.8, 4) is 0 Å². The second-order valence-corrected chi connectivity index (χ2v) is 5.26. The Hall–Kier alpha value is -1.14. The normalized spacial score (nSPS) is 30.8. The molecule has 1 heterocycles. The lowest BCUT2D eigenvalue weighted by Crippen LogP contribution is -2.57. The molecule has 1 aliphatic carbocycles. The summed E-state index contributed by atoms with van der Waals surface area (Å²) in [7, 11) is 0. The Morgan fingerprint density at radius 2 is 2.16 bits per heavy atom. The Morgan fingerprint density at radius 3 is 2.79 bits per heavy atom. The summed E-state index contributed by atoms with van der Waals surface area (Å²) >= 11 is 0. The minimum absolute atomic E-state index is 0.0335. The quantitative estimate of drug-likeness (QED) is 0.739. The van der Waals surface area contributed by atoms with Gasteiger partial charge in [0.2, 0.25) is 5.91 Å². The molecule has 1 amide bonds. The van der Waals surface area contributed by atoms with Crippen LogP contribution in [0, 0.1) is 5.92 Å². The lowest BCUT2D eigenvalue weighted by atomic mass is 9.79. The number of carboxylic acids is 1. The number of ether oxygens (including phenoxy) is 1. The topological polar surface area (TPSA) is 78.9 Å². The van der Waals surface area contributed by atoms with E-state index < -0.39 is 12.0 Å². The summed E-state index contributed by atoms with van der Waals surface area (Å²) in [6.07, 6.45) is 2.58. The second kappa shape index (κ2) is 6.34. The molecule has 0 aromatic heterocycles. The largest absolute Gasteiger partial charge is 0.480 e. The van der Waals surface area contributed by atoms with E-state index in [-0.39, 0.29) is 5.91 Å². The lowest BCUT2D eigenvalue weighted by molar-refractivity contribution is -0.152. The first-order valence-electron chi connectivity index (χ1n) is 6.96. The number of aliphatic carboxylic acids is 1. The highest BCUT2D eigenvalue weighted by Crippen LogP contribution is 2.33. The molecule has 108 valence electrons. The van der Waals surface area contributed by atoms with E-state index >= 15 is 0 Å². The molecule has 0 radical (unpaired) electrons. The Labute approximate surface area is 113 Å². The van der Waals surface area contributed by atoms with Crippen molar-refractivity contribution < 1.29 is 19.4 Å². The number of nitrogens with zero attached hydrogens (tertiary/aromatic N) is 1. The first kappa shape index (κ1) is 14.3. The Morgan fingerprint density at radius 1 is 1.42 bits per heavy atom. The van der Waals surface area contributed by atoms with Gasteiger partial charge in [-0.1, -0.05) is 0 Å². The van der Waals surface area contributed by atoms with Gasteiger partial charge >= 0.3 is 5.97 Å². The molecule has 6 nitrogen and oxygen atoms in total. The molecule has 1 atom stereocenters. The molecular formula is C13H22N2O4. The van der Waals surface area contributed by atoms with Crippen LogP contribution >= 0.6 is 0 Å². The number of carbonyl (C=O) groups excluding carboxylic acids is 1. The third kappa shape index (κ3) is 3.45. The van der Waals surface area contributed by atoms with Crippen molar-refractivity contribution >= 4 is 11.9 Å². The molecular weight excluding hydrogens is 248 g/mol. The first-order valence-corrected chi connectivity index (χ1v) is 6.96. The number of nitrogens with one attached hydrogen (secondary N) is 1. The van der Waals surface area contributed by atoms with E-state index in [1.807, 2.05) is 6.92 Å². The van der Waals surface area contributed by atoms with Gasteiger partial charge in [0.05, 0.1) is 6.10 Å². The summed E-state index contributed by atoms with van der Waals surface area (Å²) in [6.45, 7) is 4.17. The van der Waals surface area contributed by atoms with Gasteiger partial charge in [0, 0.05) is 32.7 Å². The van der Waals surface area contributed by atoms with Crippen molar-refractivity contribution in [2.75, 3.05) is 26.2 Å². The highest BCUT2D eigenvalue weighted by Gasteiger charge is 2.36. The summed E-state index contributed by atoms with van der Waals surface area (Å²) in [5, 5.41) is 12.1. The fourth-order valence-corrected chi connectivity index (χ4v) is 2.80. The standard InChI is InChI=1S/C13H22N2O4/c1-2-19-10-5-9(6-10)7-12(16)15-4-3-14-8-11(15)13(17)18/h9-11,14H,2-8H2,1H3,(H,17,18). The Kier molecular flexibility index (Phi) is 4.76. The number of carboxylic acid groups (broad SMARTS) is 1. The van der Waals surface area contributed by atoms with Crippen LogP contribution in [0.1, 0.15) is 26.2 Å². The number of hydrogen-bond donors (Lipinski definition) is 2. The van der Waals surface area contributed by atoms with E-state index in [2.05, 4.69) is 5.32 Å². The van der Waals surface area contributed by atoms with Crippen LogP contribution in [0.5, 0.6) is 0 Å². The summed E-state index contributed by atoms with van der Waals surface area (Å²) < 4.78 is 5.47. The second-order valence-electron chi connectivity index (χ2n) is 5.26. The Balaban J connectivity index is 1.80. The molecule has 1 saturated carbocycles. The van der Waals surface area contributed by atoms with Crippen LogP contribution in [0.15, 0.2) is 0 Å². The number of piperazine rings is 1. The predicted molar refractivity (Wildman–Crippen MR) is 68.8 cm³/mol. The van der Waals surface area contributed by atoms with Crippen LogP contribution in [0.25, 0.3) is 0 Å². The van der Waals surface area contributed by atoms with Crippen molar-refractivity contribution in [2.24, 2.45) is 5.92 Å². The van der Waals surface area contributed by atoms with E-state index in [1.165, 1.54) is 4.90 Å². The van der Waals surface area contributed by atoms with E-state index in [0.717, 1.165) is 12.8 Å². The maximum atomic E-state index is 12.2. The summed E-state index contributed by atoms with van der Waals surface area (Å²) in [6, 6.07) is -0.719. The summed E-state index contributed by atoms with van der Waals surface area (Å²) in [5.41, 5.74) is 0. The van der Waals surface area contributed by atoms with Crippen molar-refractivity contribution in [1.82, 2.24) is 10.2 Å². The summed E-state index contributed by atoms with van der Waals surface area (Å²) in [5.74, 6) is -0.608. The average Bonchev–Trinajstić information content (AvgIpc) is 2.36. The van der Waals surface area contributed by atoms with Crippen LogP contribution in [-0.4, -0.2) is 60.3 Å². The van der Waals surface area contributed by atoms with Crippen molar-refractivity contribution in [3.63, 3.8) is 0 Å². The van der Waals surface area contributed by atoms with Crippen molar-refractivity contribution in [3.05, 3.63) is 0 Å². The molecule has 2 fully saturated rings.